The standard InChI is InChI=1S/C17H18N2O5/c18-9-13(17(22)19-10-15-2-1-7-23-15)8-12-3-5-14(6-4-12)24-11-16(20)21/h3-6,8,15H,1-2,7,10-11H2,(H,19,22)(H,20,21)/p-1/b13-8+/t15-/m0/s1. The molecule has 1 saturated heterocycles. The number of carboxylic acid groups (broad SMARTS) is 1. The van der Waals surface area contributed by atoms with E-state index >= 15 is 0 Å². The first-order chi connectivity index (χ1) is 11.6. The van der Waals surface area contributed by atoms with Crippen molar-refractivity contribution in [1.82, 2.24) is 5.32 Å². The minimum absolute atomic E-state index is 0.00838. The van der Waals surface area contributed by atoms with Crippen LogP contribution in [0.4, 0.5) is 0 Å². The quantitative estimate of drug-likeness (QED) is 0.557. The summed E-state index contributed by atoms with van der Waals surface area (Å²) in [7, 11) is 0. The van der Waals surface area contributed by atoms with Gasteiger partial charge in [0.1, 0.15) is 24.0 Å². The summed E-state index contributed by atoms with van der Waals surface area (Å²) in [6, 6.07) is 8.21. The molecule has 1 aliphatic heterocycles. The molecule has 24 heavy (non-hydrogen) atoms. The number of carboxylic acids is 1. The maximum atomic E-state index is 12.0. The second-order valence-electron chi connectivity index (χ2n) is 5.24. The molecular weight excluding hydrogens is 312 g/mol. The molecule has 1 aromatic rings. The predicted octanol–water partition coefficient (Wildman–Crippen LogP) is 0.0175. The van der Waals surface area contributed by atoms with Crippen LogP contribution in [0.15, 0.2) is 29.8 Å². The van der Waals surface area contributed by atoms with Crippen LogP contribution in [-0.4, -0.2) is 37.7 Å². The van der Waals surface area contributed by atoms with Crippen LogP contribution >= 0.6 is 0 Å². The number of hydrogen-bond acceptors (Lipinski definition) is 6. The molecule has 1 heterocycles. The van der Waals surface area contributed by atoms with E-state index in [1.807, 2.05) is 6.07 Å². The van der Waals surface area contributed by atoms with Crippen LogP contribution in [0.25, 0.3) is 6.08 Å². The maximum absolute atomic E-state index is 12.0. The highest BCUT2D eigenvalue weighted by Gasteiger charge is 2.17. The Bertz CT molecular complexity index is 655. The molecule has 1 atom stereocenters. The van der Waals surface area contributed by atoms with Gasteiger partial charge in [-0.15, -0.1) is 0 Å². The van der Waals surface area contributed by atoms with Gasteiger partial charge in [-0.25, -0.2) is 0 Å². The Kier molecular flexibility index (Phi) is 6.34. The Labute approximate surface area is 139 Å². The topological polar surface area (TPSA) is 111 Å². The van der Waals surface area contributed by atoms with Gasteiger partial charge in [-0.1, -0.05) is 12.1 Å². The third-order valence-electron chi connectivity index (χ3n) is 3.43. The van der Waals surface area contributed by atoms with Gasteiger partial charge in [-0.3, -0.25) is 4.79 Å². The Hall–Kier alpha value is -2.85. The molecule has 1 aromatic carbocycles. The van der Waals surface area contributed by atoms with E-state index in [1.165, 1.54) is 6.08 Å². The molecule has 1 fully saturated rings. The number of carbonyl (C=O) groups excluding carboxylic acids is 2. The number of rotatable bonds is 7. The van der Waals surface area contributed by atoms with E-state index in [0.29, 0.717) is 24.5 Å². The Morgan fingerprint density at radius 1 is 1.42 bits per heavy atom. The minimum atomic E-state index is -1.31. The number of hydrogen-bond donors (Lipinski definition) is 1. The molecule has 0 spiro atoms. The fourth-order valence-electron chi connectivity index (χ4n) is 2.22. The lowest BCUT2D eigenvalue weighted by atomic mass is 10.1. The zero-order valence-electron chi connectivity index (χ0n) is 13.0. The zero-order chi connectivity index (χ0) is 17.4. The molecule has 0 radical (unpaired) electrons. The van der Waals surface area contributed by atoms with Gasteiger partial charge in [0.15, 0.2) is 0 Å². The van der Waals surface area contributed by atoms with E-state index in [4.69, 9.17) is 14.7 Å². The Balaban J connectivity index is 1.94. The van der Waals surface area contributed by atoms with Crippen molar-refractivity contribution in [3.8, 4) is 11.8 Å². The fraction of sp³-hybridized carbons (Fsp3) is 0.353. The molecule has 0 aliphatic carbocycles. The van der Waals surface area contributed by atoms with Gasteiger partial charge < -0.3 is 24.7 Å². The first-order valence-corrected chi connectivity index (χ1v) is 7.53. The summed E-state index contributed by atoms with van der Waals surface area (Å²) in [6.45, 7) is 0.548. The summed E-state index contributed by atoms with van der Waals surface area (Å²) in [4.78, 5) is 22.3. The second-order valence-corrected chi connectivity index (χ2v) is 5.24. The third kappa shape index (κ3) is 5.41. The molecule has 1 aliphatic rings. The number of aliphatic carboxylic acids is 1. The molecule has 126 valence electrons. The molecular formula is C17H17N2O5-. The summed E-state index contributed by atoms with van der Waals surface area (Å²) < 4.78 is 10.4. The first-order valence-electron chi connectivity index (χ1n) is 7.53. The van der Waals surface area contributed by atoms with Crippen LogP contribution in [0.3, 0.4) is 0 Å². The van der Waals surface area contributed by atoms with Crippen molar-refractivity contribution in [1.29, 1.82) is 5.26 Å². The summed E-state index contributed by atoms with van der Waals surface area (Å²) >= 11 is 0. The number of nitriles is 1. The third-order valence-corrected chi connectivity index (χ3v) is 3.43. The van der Waals surface area contributed by atoms with Gasteiger partial charge in [0.25, 0.3) is 5.91 Å². The van der Waals surface area contributed by atoms with Crippen molar-refractivity contribution in [2.45, 2.75) is 18.9 Å². The average Bonchev–Trinajstić information content (AvgIpc) is 3.10. The number of ether oxygens (including phenoxy) is 2. The largest absolute Gasteiger partial charge is 0.546 e. The highest BCUT2D eigenvalue weighted by molar-refractivity contribution is 6.01. The molecule has 0 saturated carbocycles. The van der Waals surface area contributed by atoms with Crippen LogP contribution in [0, 0.1) is 11.3 Å². The first kappa shape index (κ1) is 17.5. The van der Waals surface area contributed by atoms with E-state index in [0.717, 1.165) is 12.8 Å². The lowest BCUT2D eigenvalue weighted by Crippen LogP contribution is -2.32. The van der Waals surface area contributed by atoms with Gasteiger partial charge in [0.05, 0.1) is 12.1 Å². The van der Waals surface area contributed by atoms with E-state index in [2.05, 4.69) is 5.32 Å². The second kappa shape index (κ2) is 8.70. The maximum Gasteiger partial charge on any atom is 0.262 e. The summed E-state index contributed by atoms with van der Waals surface area (Å²) in [6.07, 6.45) is 3.34. The van der Waals surface area contributed by atoms with Gasteiger partial charge in [0, 0.05) is 13.2 Å². The van der Waals surface area contributed by atoms with Crippen molar-refractivity contribution >= 4 is 18.0 Å². The van der Waals surface area contributed by atoms with Crippen molar-refractivity contribution in [3.63, 3.8) is 0 Å². The summed E-state index contributed by atoms with van der Waals surface area (Å²) in [5.74, 6) is -1.41. The number of nitrogens with zero attached hydrogens (tertiary/aromatic N) is 1. The SMILES string of the molecule is N#C/C(=C\c1ccc(OCC(=O)[O-])cc1)C(=O)NC[C@@H]1CCCO1. The van der Waals surface area contributed by atoms with Gasteiger partial charge >= 0.3 is 0 Å². The zero-order valence-corrected chi connectivity index (χ0v) is 13.0. The van der Waals surface area contributed by atoms with Crippen LogP contribution in [0.5, 0.6) is 5.75 Å². The minimum Gasteiger partial charge on any atom is -0.546 e. The molecule has 0 bridgehead atoms. The number of amides is 1. The number of nitrogens with one attached hydrogen (secondary N) is 1. The highest BCUT2D eigenvalue weighted by Crippen LogP contribution is 2.15. The van der Waals surface area contributed by atoms with Crippen LogP contribution in [0.1, 0.15) is 18.4 Å². The van der Waals surface area contributed by atoms with Crippen molar-refractivity contribution in [2.75, 3.05) is 19.8 Å². The lowest BCUT2D eigenvalue weighted by molar-refractivity contribution is -0.307. The van der Waals surface area contributed by atoms with Gasteiger partial charge in [-0.2, -0.15) is 5.26 Å². The van der Waals surface area contributed by atoms with Crippen molar-refractivity contribution in [2.24, 2.45) is 0 Å². The number of carbonyl (C=O) groups is 2. The number of benzene rings is 1. The Morgan fingerprint density at radius 2 is 2.17 bits per heavy atom. The van der Waals surface area contributed by atoms with Crippen molar-refractivity contribution < 1.29 is 24.2 Å². The van der Waals surface area contributed by atoms with E-state index in [9.17, 15) is 14.7 Å². The van der Waals surface area contributed by atoms with Gasteiger partial charge in [0.2, 0.25) is 0 Å². The summed E-state index contributed by atoms with van der Waals surface area (Å²) in [5, 5.41) is 22.2. The van der Waals surface area contributed by atoms with E-state index in [-0.39, 0.29) is 11.7 Å². The van der Waals surface area contributed by atoms with E-state index in [1.54, 1.807) is 24.3 Å². The average molecular weight is 329 g/mol. The normalized spacial score (nSPS) is 17.1. The molecule has 1 amide bonds. The smallest absolute Gasteiger partial charge is 0.262 e. The van der Waals surface area contributed by atoms with E-state index < -0.39 is 18.5 Å². The van der Waals surface area contributed by atoms with Gasteiger partial charge in [-0.05, 0) is 36.6 Å². The highest BCUT2D eigenvalue weighted by atomic mass is 16.5. The monoisotopic (exact) mass is 329 g/mol. The Morgan fingerprint density at radius 3 is 2.75 bits per heavy atom. The lowest BCUT2D eigenvalue weighted by Gasteiger charge is -2.10. The predicted molar refractivity (Wildman–Crippen MR) is 82.5 cm³/mol. The summed E-state index contributed by atoms with van der Waals surface area (Å²) in [5.41, 5.74) is 0.607. The fourth-order valence-corrected chi connectivity index (χ4v) is 2.22. The molecule has 2 rings (SSSR count). The molecule has 0 aromatic heterocycles. The molecule has 1 N–H and O–H groups in total. The van der Waals surface area contributed by atoms with Crippen molar-refractivity contribution in [3.05, 3.63) is 35.4 Å². The van der Waals surface area contributed by atoms with Crippen LogP contribution in [0.2, 0.25) is 0 Å². The molecule has 7 heteroatoms. The van der Waals surface area contributed by atoms with Crippen LogP contribution < -0.4 is 15.2 Å². The molecule has 7 nitrogen and oxygen atoms in total. The van der Waals surface area contributed by atoms with Crippen LogP contribution in [-0.2, 0) is 14.3 Å². The molecule has 0 unspecified atom stereocenters.